The van der Waals surface area contributed by atoms with Crippen molar-refractivity contribution in [3.63, 3.8) is 0 Å². The summed E-state index contributed by atoms with van der Waals surface area (Å²) in [5.41, 5.74) is 4.24. The number of benzene rings is 2. The highest BCUT2D eigenvalue weighted by Gasteiger charge is 2.15. The number of nitrogens with zero attached hydrogens (tertiary/aromatic N) is 2. The van der Waals surface area contributed by atoms with E-state index in [-0.39, 0.29) is 4.90 Å². The molecule has 0 atom stereocenters. The number of hydrogen-bond donors (Lipinski definition) is 0. The standard InChI is InChI=1S/C19H20N2O2S2/c1-5-10-21-17-12-14(3)11-15(4)18(17)24-19(21)20-25(22,23)16-8-6-13(2)7-9-16/h5-9,11-12H,1,10H2,2-4H3/b20-19-. The highest BCUT2D eigenvalue weighted by Crippen LogP contribution is 2.24. The number of allylic oxidation sites excluding steroid dienone is 1. The summed E-state index contributed by atoms with van der Waals surface area (Å²) in [7, 11) is -3.76. The normalized spacial score (nSPS) is 12.7. The maximum absolute atomic E-state index is 12.7. The van der Waals surface area contributed by atoms with Crippen LogP contribution in [0.4, 0.5) is 0 Å². The summed E-state index contributed by atoms with van der Waals surface area (Å²) in [5.74, 6) is 0. The molecule has 130 valence electrons. The second-order valence-corrected chi connectivity index (χ2v) is 8.68. The Hall–Kier alpha value is -2.18. The van der Waals surface area contributed by atoms with Gasteiger partial charge in [0.2, 0.25) is 4.80 Å². The average molecular weight is 373 g/mol. The molecule has 0 saturated heterocycles. The van der Waals surface area contributed by atoms with Crippen molar-refractivity contribution in [3.8, 4) is 0 Å². The Balaban J connectivity index is 2.28. The number of sulfonamides is 1. The minimum Gasteiger partial charge on any atom is -0.312 e. The fourth-order valence-corrected chi connectivity index (χ4v) is 5.05. The molecule has 0 radical (unpaired) electrons. The molecule has 0 amide bonds. The van der Waals surface area contributed by atoms with Gasteiger partial charge < -0.3 is 4.57 Å². The molecular formula is C19H20N2O2S2. The van der Waals surface area contributed by atoms with Gasteiger partial charge in [-0.05, 0) is 50.1 Å². The third-order valence-electron chi connectivity index (χ3n) is 3.94. The van der Waals surface area contributed by atoms with Crippen LogP contribution in [0.3, 0.4) is 0 Å². The van der Waals surface area contributed by atoms with Gasteiger partial charge in [-0.1, -0.05) is 41.2 Å². The third kappa shape index (κ3) is 3.45. The van der Waals surface area contributed by atoms with Crippen LogP contribution in [0.1, 0.15) is 16.7 Å². The highest BCUT2D eigenvalue weighted by atomic mass is 32.2. The highest BCUT2D eigenvalue weighted by molar-refractivity contribution is 7.90. The van der Waals surface area contributed by atoms with Gasteiger partial charge in [0.15, 0.2) is 0 Å². The Bertz CT molecular complexity index is 1120. The fraction of sp³-hybridized carbons (Fsp3) is 0.211. The molecule has 1 heterocycles. The maximum Gasteiger partial charge on any atom is 0.285 e. The number of aromatic nitrogens is 1. The lowest BCUT2D eigenvalue weighted by molar-refractivity contribution is 0.596. The van der Waals surface area contributed by atoms with Gasteiger partial charge in [-0.15, -0.1) is 11.0 Å². The van der Waals surface area contributed by atoms with Crippen molar-refractivity contribution in [2.75, 3.05) is 0 Å². The van der Waals surface area contributed by atoms with Crippen LogP contribution >= 0.6 is 11.3 Å². The van der Waals surface area contributed by atoms with Crippen LogP contribution in [0.2, 0.25) is 0 Å². The summed E-state index contributed by atoms with van der Waals surface area (Å²) in [6.45, 7) is 10.3. The Labute approximate surface area is 151 Å². The molecular weight excluding hydrogens is 352 g/mol. The van der Waals surface area contributed by atoms with Gasteiger partial charge in [0.05, 0.1) is 15.1 Å². The van der Waals surface area contributed by atoms with Crippen LogP contribution in [-0.4, -0.2) is 13.0 Å². The molecule has 2 aromatic carbocycles. The Kier molecular flexibility index (Phi) is 4.67. The zero-order chi connectivity index (χ0) is 18.2. The average Bonchev–Trinajstić information content (AvgIpc) is 2.86. The monoisotopic (exact) mass is 372 g/mol. The molecule has 0 aliphatic carbocycles. The second-order valence-electron chi connectivity index (χ2n) is 6.09. The van der Waals surface area contributed by atoms with Gasteiger partial charge >= 0.3 is 0 Å². The first-order chi connectivity index (χ1) is 11.8. The summed E-state index contributed by atoms with van der Waals surface area (Å²) in [4.78, 5) is 0.665. The van der Waals surface area contributed by atoms with Crippen molar-refractivity contribution in [3.05, 3.63) is 70.5 Å². The fourth-order valence-electron chi connectivity index (χ4n) is 2.75. The molecule has 0 bridgehead atoms. The van der Waals surface area contributed by atoms with Gasteiger partial charge in [0.1, 0.15) is 0 Å². The van der Waals surface area contributed by atoms with Crippen LogP contribution in [0.15, 0.2) is 58.3 Å². The molecule has 4 nitrogen and oxygen atoms in total. The SMILES string of the molecule is C=CCn1/c(=N/S(=O)(=O)c2ccc(C)cc2)sc2c(C)cc(C)cc21. The number of aryl methyl sites for hydroxylation is 3. The molecule has 0 aliphatic heterocycles. The summed E-state index contributed by atoms with van der Waals surface area (Å²) in [6, 6.07) is 10.9. The summed E-state index contributed by atoms with van der Waals surface area (Å²) < 4.78 is 32.5. The Morgan fingerprint density at radius 1 is 1.12 bits per heavy atom. The van der Waals surface area contributed by atoms with E-state index in [0.29, 0.717) is 11.3 Å². The number of hydrogen-bond acceptors (Lipinski definition) is 3. The largest absolute Gasteiger partial charge is 0.312 e. The van der Waals surface area contributed by atoms with Crippen LogP contribution in [0.5, 0.6) is 0 Å². The lowest BCUT2D eigenvalue weighted by Crippen LogP contribution is -2.16. The maximum atomic E-state index is 12.7. The van der Waals surface area contributed by atoms with Gasteiger partial charge in [-0.3, -0.25) is 0 Å². The predicted octanol–water partition coefficient (Wildman–Crippen LogP) is 4.10. The van der Waals surface area contributed by atoms with Gasteiger partial charge in [-0.25, -0.2) is 0 Å². The van der Waals surface area contributed by atoms with Crippen molar-refractivity contribution in [1.82, 2.24) is 4.57 Å². The lowest BCUT2D eigenvalue weighted by atomic mass is 10.1. The van der Waals surface area contributed by atoms with E-state index in [0.717, 1.165) is 26.9 Å². The molecule has 0 N–H and O–H groups in total. The van der Waals surface area contributed by atoms with Gasteiger partial charge in [0.25, 0.3) is 10.0 Å². The van der Waals surface area contributed by atoms with E-state index in [9.17, 15) is 8.42 Å². The summed E-state index contributed by atoms with van der Waals surface area (Å²) >= 11 is 1.39. The molecule has 0 aliphatic rings. The van der Waals surface area contributed by atoms with Crippen LogP contribution in [-0.2, 0) is 16.6 Å². The van der Waals surface area contributed by atoms with Crippen molar-refractivity contribution in [1.29, 1.82) is 0 Å². The van der Waals surface area contributed by atoms with E-state index in [4.69, 9.17) is 0 Å². The molecule has 25 heavy (non-hydrogen) atoms. The van der Waals surface area contributed by atoms with E-state index in [2.05, 4.69) is 23.1 Å². The van der Waals surface area contributed by atoms with E-state index in [1.807, 2.05) is 25.3 Å². The van der Waals surface area contributed by atoms with Crippen molar-refractivity contribution < 1.29 is 8.42 Å². The summed E-state index contributed by atoms with van der Waals surface area (Å²) in [5, 5.41) is 0. The molecule has 0 spiro atoms. The zero-order valence-electron chi connectivity index (χ0n) is 14.5. The Morgan fingerprint density at radius 2 is 1.80 bits per heavy atom. The van der Waals surface area contributed by atoms with E-state index in [1.165, 1.54) is 11.3 Å². The number of fused-ring (bicyclic) bond motifs is 1. The molecule has 1 aromatic heterocycles. The van der Waals surface area contributed by atoms with E-state index in [1.54, 1.807) is 30.3 Å². The molecule has 3 rings (SSSR count). The minimum atomic E-state index is -3.76. The van der Waals surface area contributed by atoms with Crippen molar-refractivity contribution in [2.24, 2.45) is 4.40 Å². The first-order valence-corrected chi connectivity index (χ1v) is 10.2. The van der Waals surface area contributed by atoms with Crippen molar-refractivity contribution >= 4 is 31.6 Å². The predicted molar refractivity (Wildman–Crippen MR) is 103 cm³/mol. The molecule has 6 heteroatoms. The molecule has 3 aromatic rings. The Morgan fingerprint density at radius 3 is 2.44 bits per heavy atom. The molecule has 0 fully saturated rings. The number of rotatable bonds is 4. The van der Waals surface area contributed by atoms with Gasteiger partial charge in [0, 0.05) is 6.54 Å². The zero-order valence-corrected chi connectivity index (χ0v) is 16.1. The second kappa shape index (κ2) is 6.61. The van der Waals surface area contributed by atoms with Gasteiger partial charge in [-0.2, -0.15) is 8.42 Å². The number of thiazole rings is 1. The third-order valence-corrected chi connectivity index (χ3v) is 6.57. The summed E-state index contributed by atoms with van der Waals surface area (Å²) in [6.07, 6.45) is 1.75. The van der Waals surface area contributed by atoms with E-state index >= 15 is 0 Å². The van der Waals surface area contributed by atoms with Crippen molar-refractivity contribution in [2.45, 2.75) is 32.2 Å². The quantitative estimate of drug-likeness (QED) is 0.647. The van der Waals surface area contributed by atoms with Crippen LogP contribution in [0.25, 0.3) is 10.2 Å². The lowest BCUT2D eigenvalue weighted by Gasteiger charge is -2.04. The first kappa shape index (κ1) is 17.6. The smallest absolute Gasteiger partial charge is 0.285 e. The topological polar surface area (TPSA) is 51.4 Å². The van der Waals surface area contributed by atoms with Crippen LogP contribution in [0, 0.1) is 20.8 Å². The molecule has 0 unspecified atom stereocenters. The van der Waals surface area contributed by atoms with Crippen LogP contribution < -0.4 is 4.80 Å². The minimum absolute atomic E-state index is 0.202. The molecule has 0 saturated carbocycles. The van der Waals surface area contributed by atoms with E-state index < -0.39 is 10.0 Å². The first-order valence-electron chi connectivity index (χ1n) is 7.91.